The fourth-order valence-electron chi connectivity index (χ4n) is 1.37. The molecule has 0 heterocycles. The molecule has 0 saturated heterocycles. The second-order valence-electron chi connectivity index (χ2n) is 6.63. The number of rotatable bonds is 5. The second kappa shape index (κ2) is 7.90. The molecule has 0 aromatic rings. The zero-order chi connectivity index (χ0) is 16.7. The fourth-order valence-corrected chi connectivity index (χ4v) is 1.37. The first-order valence-electron chi connectivity index (χ1n) is 6.88. The van der Waals surface area contributed by atoms with Gasteiger partial charge in [0, 0.05) is 12.1 Å². The van der Waals surface area contributed by atoms with Crippen molar-refractivity contribution in [2.45, 2.75) is 72.0 Å². The van der Waals surface area contributed by atoms with Crippen molar-refractivity contribution in [3.05, 3.63) is 0 Å². The maximum absolute atomic E-state index is 11.8. The molecular formula is C15H25NO5. The number of ether oxygens (including phenoxy) is 2. The lowest BCUT2D eigenvalue weighted by molar-refractivity contribution is -0.153. The van der Waals surface area contributed by atoms with Crippen LogP contribution in [-0.2, 0) is 19.1 Å². The van der Waals surface area contributed by atoms with Crippen molar-refractivity contribution in [1.82, 2.24) is 0 Å². The van der Waals surface area contributed by atoms with Gasteiger partial charge in [0.15, 0.2) is 0 Å². The van der Waals surface area contributed by atoms with E-state index in [1.165, 1.54) is 0 Å². The Morgan fingerprint density at radius 3 is 1.95 bits per heavy atom. The SMILES string of the molecule is CC(C)(C)OC(=O)CC(CCC=O)=NC(=O)OC(C)(C)C. The van der Waals surface area contributed by atoms with Gasteiger partial charge in [-0.05, 0) is 48.0 Å². The highest BCUT2D eigenvalue weighted by molar-refractivity contribution is 6.03. The van der Waals surface area contributed by atoms with Crippen LogP contribution in [0.3, 0.4) is 0 Å². The van der Waals surface area contributed by atoms with Gasteiger partial charge in [0.1, 0.15) is 17.5 Å². The summed E-state index contributed by atoms with van der Waals surface area (Å²) in [6.45, 7) is 10.4. The summed E-state index contributed by atoms with van der Waals surface area (Å²) in [5.74, 6) is -0.490. The maximum atomic E-state index is 11.8. The van der Waals surface area contributed by atoms with E-state index in [-0.39, 0.29) is 25.0 Å². The van der Waals surface area contributed by atoms with Gasteiger partial charge < -0.3 is 14.3 Å². The Hall–Kier alpha value is -1.72. The topological polar surface area (TPSA) is 82.0 Å². The number of nitrogens with zero attached hydrogens (tertiary/aromatic N) is 1. The number of aliphatic imine (C=N–C) groups is 1. The van der Waals surface area contributed by atoms with Gasteiger partial charge in [-0.1, -0.05) is 0 Å². The smallest absolute Gasteiger partial charge is 0.434 e. The molecule has 6 heteroatoms. The molecule has 0 aliphatic rings. The lowest BCUT2D eigenvalue weighted by Gasteiger charge is -2.20. The summed E-state index contributed by atoms with van der Waals surface area (Å²) in [6.07, 6.45) is 0.211. The number of esters is 1. The maximum Gasteiger partial charge on any atom is 0.434 e. The Morgan fingerprint density at radius 2 is 1.52 bits per heavy atom. The number of carbonyl (C=O) groups excluding carboxylic acids is 3. The third kappa shape index (κ3) is 11.8. The first kappa shape index (κ1) is 19.3. The zero-order valence-corrected chi connectivity index (χ0v) is 13.7. The molecule has 0 rings (SSSR count). The zero-order valence-electron chi connectivity index (χ0n) is 13.7. The molecule has 21 heavy (non-hydrogen) atoms. The summed E-state index contributed by atoms with van der Waals surface area (Å²) in [6, 6.07) is 0. The molecule has 0 radical (unpaired) electrons. The standard InChI is InChI=1S/C15H25NO5/c1-14(2,3)20-12(18)10-11(8-7-9-17)16-13(19)21-15(4,5)6/h9H,7-8,10H2,1-6H3. The van der Waals surface area contributed by atoms with E-state index in [1.54, 1.807) is 41.5 Å². The van der Waals surface area contributed by atoms with Crippen molar-refractivity contribution < 1.29 is 23.9 Å². The molecule has 0 fully saturated rings. The van der Waals surface area contributed by atoms with Crippen molar-refractivity contribution in [3.63, 3.8) is 0 Å². The molecule has 0 N–H and O–H groups in total. The Labute approximate surface area is 125 Å². The minimum Gasteiger partial charge on any atom is -0.460 e. The fraction of sp³-hybridized carbons (Fsp3) is 0.733. The summed E-state index contributed by atoms with van der Waals surface area (Å²) in [5.41, 5.74) is -0.994. The van der Waals surface area contributed by atoms with E-state index in [0.717, 1.165) is 0 Å². The molecule has 0 aliphatic heterocycles. The summed E-state index contributed by atoms with van der Waals surface area (Å²) in [7, 11) is 0. The molecule has 0 aromatic heterocycles. The van der Waals surface area contributed by atoms with Crippen LogP contribution in [0.5, 0.6) is 0 Å². The minimum absolute atomic E-state index is 0.135. The predicted molar refractivity (Wildman–Crippen MR) is 79.4 cm³/mol. The van der Waals surface area contributed by atoms with Crippen molar-refractivity contribution >= 4 is 24.1 Å². The molecule has 0 spiro atoms. The van der Waals surface area contributed by atoms with Crippen LogP contribution in [0, 0.1) is 0 Å². The van der Waals surface area contributed by atoms with Crippen LogP contribution in [0.4, 0.5) is 4.79 Å². The number of amides is 1. The van der Waals surface area contributed by atoms with E-state index in [9.17, 15) is 14.4 Å². The van der Waals surface area contributed by atoms with E-state index in [1.807, 2.05) is 0 Å². The first-order valence-corrected chi connectivity index (χ1v) is 6.88. The highest BCUT2D eigenvalue weighted by atomic mass is 16.6. The van der Waals surface area contributed by atoms with Gasteiger partial charge >= 0.3 is 12.1 Å². The Kier molecular flexibility index (Phi) is 7.26. The number of aldehydes is 1. The van der Waals surface area contributed by atoms with Gasteiger partial charge in [0.25, 0.3) is 0 Å². The summed E-state index contributed by atoms with van der Waals surface area (Å²) in [4.78, 5) is 37.6. The molecule has 1 amide bonds. The summed E-state index contributed by atoms with van der Waals surface area (Å²) < 4.78 is 10.2. The van der Waals surface area contributed by atoms with Crippen LogP contribution in [0.25, 0.3) is 0 Å². The lowest BCUT2D eigenvalue weighted by Crippen LogP contribution is -2.26. The average molecular weight is 299 g/mol. The van der Waals surface area contributed by atoms with Crippen molar-refractivity contribution in [3.8, 4) is 0 Å². The van der Waals surface area contributed by atoms with Gasteiger partial charge in [0.2, 0.25) is 0 Å². The minimum atomic E-state index is -0.771. The Bertz CT molecular complexity index is 413. The molecule has 120 valence electrons. The van der Waals surface area contributed by atoms with Crippen LogP contribution >= 0.6 is 0 Å². The molecular weight excluding hydrogens is 274 g/mol. The molecule has 6 nitrogen and oxygen atoms in total. The summed E-state index contributed by atoms with van der Waals surface area (Å²) in [5, 5.41) is 0. The van der Waals surface area contributed by atoms with E-state index < -0.39 is 23.3 Å². The van der Waals surface area contributed by atoms with Crippen molar-refractivity contribution in [1.29, 1.82) is 0 Å². The van der Waals surface area contributed by atoms with Gasteiger partial charge in [-0.25, -0.2) is 4.79 Å². The Balaban J connectivity index is 4.82. The van der Waals surface area contributed by atoms with E-state index >= 15 is 0 Å². The van der Waals surface area contributed by atoms with Crippen molar-refractivity contribution in [2.75, 3.05) is 0 Å². The number of carbonyl (C=O) groups is 3. The van der Waals surface area contributed by atoms with E-state index in [2.05, 4.69) is 4.99 Å². The van der Waals surface area contributed by atoms with Gasteiger partial charge in [-0.3, -0.25) is 4.79 Å². The molecule has 0 saturated carbocycles. The van der Waals surface area contributed by atoms with E-state index in [0.29, 0.717) is 6.29 Å². The van der Waals surface area contributed by atoms with Crippen LogP contribution in [0.15, 0.2) is 4.99 Å². The van der Waals surface area contributed by atoms with E-state index in [4.69, 9.17) is 9.47 Å². The van der Waals surface area contributed by atoms with Gasteiger partial charge in [0.05, 0.1) is 6.42 Å². The van der Waals surface area contributed by atoms with Crippen LogP contribution in [0.2, 0.25) is 0 Å². The third-order valence-electron chi connectivity index (χ3n) is 1.96. The quantitative estimate of drug-likeness (QED) is 0.442. The number of hydrogen-bond donors (Lipinski definition) is 0. The van der Waals surface area contributed by atoms with Crippen molar-refractivity contribution in [2.24, 2.45) is 4.99 Å². The highest BCUT2D eigenvalue weighted by Gasteiger charge is 2.20. The molecule has 0 unspecified atom stereocenters. The summed E-state index contributed by atoms with van der Waals surface area (Å²) >= 11 is 0. The van der Waals surface area contributed by atoms with Crippen LogP contribution < -0.4 is 0 Å². The third-order valence-corrected chi connectivity index (χ3v) is 1.96. The first-order chi connectivity index (χ1) is 9.43. The van der Waals surface area contributed by atoms with Gasteiger partial charge in [-0.15, -0.1) is 0 Å². The molecule has 0 aliphatic carbocycles. The monoisotopic (exact) mass is 299 g/mol. The molecule has 0 aromatic carbocycles. The largest absolute Gasteiger partial charge is 0.460 e. The highest BCUT2D eigenvalue weighted by Crippen LogP contribution is 2.12. The van der Waals surface area contributed by atoms with Gasteiger partial charge in [-0.2, -0.15) is 4.99 Å². The molecule has 0 atom stereocenters. The Morgan fingerprint density at radius 1 is 1.00 bits per heavy atom. The predicted octanol–water partition coefficient (Wildman–Crippen LogP) is 3.07. The van der Waals surface area contributed by atoms with Crippen LogP contribution in [0.1, 0.15) is 60.8 Å². The molecule has 0 bridgehead atoms. The number of hydrogen-bond acceptors (Lipinski definition) is 5. The second-order valence-corrected chi connectivity index (χ2v) is 6.63. The average Bonchev–Trinajstić information content (AvgIpc) is 2.20. The normalized spacial score (nSPS) is 12.8. The lowest BCUT2D eigenvalue weighted by atomic mass is 10.1. The van der Waals surface area contributed by atoms with Crippen LogP contribution in [-0.4, -0.2) is 35.3 Å².